The Hall–Kier alpha value is -2.82. The van der Waals surface area contributed by atoms with E-state index >= 15 is 0 Å². The number of likely N-dealkylation sites (tertiary alicyclic amines) is 1. The van der Waals surface area contributed by atoms with Crippen LogP contribution in [0.1, 0.15) is 52.0 Å². The van der Waals surface area contributed by atoms with Crippen molar-refractivity contribution in [2.45, 2.75) is 38.6 Å². The van der Waals surface area contributed by atoms with Gasteiger partial charge in [0.1, 0.15) is 5.75 Å². The number of carbonyl (C=O) groups excluding carboxylic acids is 2. The van der Waals surface area contributed by atoms with Gasteiger partial charge in [-0.2, -0.15) is 0 Å². The van der Waals surface area contributed by atoms with E-state index in [-0.39, 0.29) is 11.8 Å². The van der Waals surface area contributed by atoms with Crippen LogP contribution in [0, 0.1) is 12.8 Å². The number of carbonyl (C=O) groups is 2. The molecule has 1 saturated heterocycles. The van der Waals surface area contributed by atoms with Crippen molar-refractivity contribution in [3.63, 3.8) is 0 Å². The molecule has 0 spiro atoms. The fourth-order valence-electron chi connectivity index (χ4n) is 3.70. The first kappa shape index (κ1) is 19.5. The van der Waals surface area contributed by atoms with Crippen LogP contribution in [-0.2, 0) is 0 Å². The monoisotopic (exact) mass is 392 g/mol. The molecule has 0 atom stereocenters. The molecular weight excluding hydrogens is 364 g/mol. The van der Waals surface area contributed by atoms with Crippen LogP contribution < -0.4 is 10.1 Å². The maximum absolute atomic E-state index is 12.7. The minimum Gasteiger partial charge on any atom is -0.493 e. The first-order chi connectivity index (χ1) is 14.1. The molecule has 29 heavy (non-hydrogen) atoms. The Balaban J connectivity index is 1.23. The van der Waals surface area contributed by atoms with Crippen molar-refractivity contribution in [3.8, 4) is 5.75 Å². The molecule has 0 radical (unpaired) electrons. The highest BCUT2D eigenvalue weighted by Crippen LogP contribution is 2.23. The van der Waals surface area contributed by atoms with E-state index < -0.39 is 0 Å². The van der Waals surface area contributed by atoms with Gasteiger partial charge in [0.25, 0.3) is 11.8 Å². The summed E-state index contributed by atoms with van der Waals surface area (Å²) < 4.78 is 5.94. The molecule has 2 aliphatic rings. The summed E-state index contributed by atoms with van der Waals surface area (Å²) in [6.45, 7) is 4.15. The van der Waals surface area contributed by atoms with Gasteiger partial charge in [-0.25, -0.2) is 0 Å². The molecule has 0 bridgehead atoms. The lowest BCUT2D eigenvalue weighted by molar-refractivity contribution is 0.0660. The van der Waals surface area contributed by atoms with Gasteiger partial charge < -0.3 is 15.0 Å². The highest BCUT2D eigenvalue weighted by molar-refractivity contribution is 5.95. The third kappa shape index (κ3) is 4.97. The summed E-state index contributed by atoms with van der Waals surface area (Å²) in [6, 6.07) is 15.5. The maximum atomic E-state index is 12.7. The van der Waals surface area contributed by atoms with E-state index in [9.17, 15) is 9.59 Å². The normalized spacial score (nSPS) is 17.1. The van der Waals surface area contributed by atoms with Gasteiger partial charge in [-0.05, 0) is 74.4 Å². The molecule has 0 unspecified atom stereocenters. The molecule has 1 heterocycles. The van der Waals surface area contributed by atoms with Gasteiger partial charge in [0.2, 0.25) is 0 Å². The van der Waals surface area contributed by atoms with E-state index in [2.05, 4.69) is 5.32 Å². The first-order valence-corrected chi connectivity index (χ1v) is 10.5. The lowest BCUT2D eigenvalue weighted by Crippen LogP contribution is -2.40. The fourth-order valence-corrected chi connectivity index (χ4v) is 3.70. The number of amides is 2. The lowest BCUT2D eigenvalue weighted by atomic mass is 9.96. The smallest absolute Gasteiger partial charge is 0.254 e. The van der Waals surface area contributed by atoms with E-state index in [4.69, 9.17) is 4.74 Å². The molecule has 0 aromatic heterocycles. The number of ether oxygens (including phenoxy) is 1. The number of benzene rings is 2. The summed E-state index contributed by atoms with van der Waals surface area (Å²) in [5.41, 5.74) is 2.50. The molecular formula is C24H28N2O3. The molecule has 1 saturated carbocycles. The van der Waals surface area contributed by atoms with Gasteiger partial charge in [-0.3, -0.25) is 9.59 Å². The Morgan fingerprint density at radius 2 is 1.69 bits per heavy atom. The van der Waals surface area contributed by atoms with Crippen LogP contribution in [0.2, 0.25) is 0 Å². The van der Waals surface area contributed by atoms with Crippen molar-refractivity contribution >= 4 is 11.8 Å². The summed E-state index contributed by atoms with van der Waals surface area (Å²) >= 11 is 0. The van der Waals surface area contributed by atoms with Crippen LogP contribution in [0.25, 0.3) is 0 Å². The molecule has 5 heteroatoms. The van der Waals surface area contributed by atoms with Crippen LogP contribution in [0.15, 0.2) is 48.5 Å². The molecule has 2 aromatic carbocycles. The average Bonchev–Trinajstić information content (AvgIpc) is 3.57. The maximum Gasteiger partial charge on any atom is 0.254 e. The molecule has 2 amide bonds. The van der Waals surface area contributed by atoms with Crippen LogP contribution >= 0.6 is 0 Å². The number of hydrogen-bond donors (Lipinski definition) is 1. The first-order valence-electron chi connectivity index (χ1n) is 10.5. The predicted octanol–water partition coefficient (Wildman–Crippen LogP) is 3.82. The van der Waals surface area contributed by atoms with Gasteiger partial charge in [0.05, 0.1) is 6.61 Å². The van der Waals surface area contributed by atoms with Gasteiger partial charge in [-0.15, -0.1) is 0 Å². The second-order valence-electron chi connectivity index (χ2n) is 8.13. The molecule has 5 nitrogen and oxygen atoms in total. The van der Waals surface area contributed by atoms with Crippen molar-refractivity contribution in [3.05, 3.63) is 65.2 Å². The fraction of sp³-hybridized carbons (Fsp3) is 0.417. The summed E-state index contributed by atoms with van der Waals surface area (Å²) in [4.78, 5) is 26.7. The Kier molecular flexibility index (Phi) is 5.84. The van der Waals surface area contributed by atoms with Crippen LogP contribution in [-0.4, -0.2) is 42.5 Å². The predicted molar refractivity (Wildman–Crippen MR) is 112 cm³/mol. The number of piperidine rings is 1. The van der Waals surface area contributed by atoms with Crippen molar-refractivity contribution in [2.75, 3.05) is 19.7 Å². The van der Waals surface area contributed by atoms with E-state index in [1.54, 1.807) is 0 Å². The Labute approximate surface area is 172 Å². The zero-order valence-corrected chi connectivity index (χ0v) is 16.9. The minimum atomic E-state index is -0.00950. The summed E-state index contributed by atoms with van der Waals surface area (Å²) in [7, 11) is 0. The van der Waals surface area contributed by atoms with Crippen molar-refractivity contribution in [2.24, 2.45) is 5.92 Å². The Morgan fingerprint density at radius 1 is 1.00 bits per heavy atom. The van der Waals surface area contributed by atoms with Crippen molar-refractivity contribution in [1.29, 1.82) is 0 Å². The van der Waals surface area contributed by atoms with Crippen LogP contribution in [0.4, 0.5) is 0 Å². The number of nitrogens with zero attached hydrogens (tertiary/aromatic N) is 1. The molecule has 1 N–H and O–H groups in total. The van der Waals surface area contributed by atoms with Gasteiger partial charge in [0, 0.05) is 30.3 Å². The molecule has 1 aliphatic carbocycles. The summed E-state index contributed by atoms with van der Waals surface area (Å²) in [5.74, 6) is 1.34. The zero-order chi connectivity index (χ0) is 20.2. The second-order valence-corrected chi connectivity index (χ2v) is 8.13. The largest absolute Gasteiger partial charge is 0.493 e. The van der Waals surface area contributed by atoms with E-state index in [0.717, 1.165) is 55.6 Å². The lowest BCUT2D eigenvalue weighted by Gasteiger charge is -2.32. The van der Waals surface area contributed by atoms with Gasteiger partial charge in [-0.1, -0.05) is 18.2 Å². The second kappa shape index (κ2) is 8.68. The van der Waals surface area contributed by atoms with Crippen LogP contribution in [0.3, 0.4) is 0 Å². The highest BCUT2D eigenvalue weighted by atomic mass is 16.5. The Bertz CT molecular complexity index is 866. The third-order valence-electron chi connectivity index (χ3n) is 5.79. The molecule has 4 rings (SSSR count). The van der Waals surface area contributed by atoms with Crippen LogP contribution in [0.5, 0.6) is 5.75 Å². The number of hydrogen-bond acceptors (Lipinski definition) is 3. The average molecular weight is 392 g/mol. The number of rotatable bonds is 6. The highest BCUT2D eigenvalue weighted by Gasteiger charge is 2.25. The van der Waals surface area contributed by atoms with E-state index in [0.29, 0.717) is 24.1 Å². The van der Waals surface area contributed by atoms with Gasteiger partial charge in [0.15, 0.2) is 0 Å². The molecule has 2 aromatic rings. The van der Waals surface area contributed by atoms with Crippen molar-refractivity contribution < 1.29 is 14.3 Å². The summed E-state index contributed by atoms with van der Waals surface area (Å²) in [6.07, 6.45) is 4.06. The Morgan fingerprint density at radius 3 is 2.34 bits per heavy atom. The third-order valence-corrected chi connectivity index (χ3v) is 5.79. The number of nitrogens with one attached hydrogen (secondary N) is 1. The van der Waals surface area contributed by atoms with Crippen molar-refractivity contribution in [1.82, 2.24) is 10.2 Å². The van der Waals surface area contributed by atoms with Gasteiger partial charge >= 0.3 is 0 Å². The molecule has 152 valence electrons. The van der Waals surface area contributed by atoms with E-state index in [1.165, 1.54) is 0 Å². The summed E-state index contributed by atoms with van der Waals surface area (Å²) in [5, 5.41) is 2.99. The topological polar surface area (TPSA) is 58.6 Å². The van der Waals surface area contributed by atoms with E-state index in [1.807, 2.05) is 60.4 Å². The molecule has 2 fully saturated rings. The number of aryl methyl sites for hydroxylation is 1. The minimum absolute atomic E-state index is 0.00950. The zero-order valence-electron chi connectivity index (χ0n) is 16.9. The standard InChI is InChI=1S/C24H28N2O3/c1-17-4-2-3-5-22(17)24(28)26-14-12-18(13-15-26)16-29-21-10-6-19(7-11-21)23(27)25-20-8-9-20/h2-7,10-11,18,20H,8-9,12-16H2,1H3,(H,25,27). The quantitative estimate of drug-likeness (QED) is 0.813. The molecule has 1 aliphatic heterocycles. The SMILES string of the molecule is Cc1ccccc1C(=O)N1CCC(COc2ccc(C(=O)NC3CC3)cc2)CC1.